The van der Waals surface area contributed by atoms with E-state index in [4.69, 9.17) is 9.47 Å². The van der Waals surface area contributed by atoms with Gasteiger partial charge in [0, 0.05) is 31.7 Å². The number of nitro groups is 1. The molecule has 0 aliphatic carbocycles. The molecule has 1 atom stereocenters. The number of amides is 1. The number of carbonyl (C=O) groups is 1. The molecular formula is C21H25N3O5. The monoisotopic (exact) mass is 399 g/mol. The van der Waals surface area contributed by atoms with Gasteiger partial charge in [0.2, 0.25) is 0 Å². The molecule has 0 spiro atoms. The van der Waals surface area contributed by atoms with Crippen LogP contribution in [0.2, 0.25) is 0 Å². The molecule has 0 bridgehead atoms. The van der Waals surface area contributed by atoms with Gasteiger partial charge < -0.3 is 14.8 Å². The lowest BCUT2D eigenvalue weighted by atomic mass is 10.1. The molecule has 0 radical (unpaired) electrons. The molecule has 3 rings (SSSR count). The first-order valence-corrected chi connectivity index (χ1v) is 9.58. The van der Waals surface area contributed by atoms with Crippen molar-refractivity contribution in [2.75, 3.05) is 26.8 Å². The molecule has 154 valence electrons. The van der Waals surface area contributed by atoms with E-state index in [1.807, 2.05) is 18.2 Å². The van der Waals surface area contributed by atoms with Gasteiger partial charge in [0.1, 0.15) is 5.56 Å². The van der Waals surface area contributed by atoms with Crippen molar-refractivity contribution in [2.45, 2.75) is 25.9 Å². The summed E-state index contributed by atoms with van der Waals surface area (Å²) in [7, 11) is 1.43. The number of likely N-dealkylation sites (tertiary alicyclic amines) is 1. The fourth-order valence-electron chi connectivity index (χ4n) is 3.51. The van der Waals surface area contributed by atoms with Gasteiger partial charge in [0.05, 0.1) is 24.7 Å². The van der Waals surface area contributed by atoms with Gasteiger partial charge in [0.25, 0.3) is 11.6 Å². The summed E-state index contributed by atoms with van der Waals surface area (Å²) in [5.74, 6) is 0.0532. The molecular weight excluding hydrogens is 374 g/mol. The lowest BCUT2D eigenvalue weighted by Gasteiger charge is -2.17. The Labute approximate surface area is 169 Å². The van der Waals surface area contributed by atoms with Crippen molar-refractivity contribution >= 4 is 11.6 Å². The average molecular weight is 399 g/mol. The number of ether oxygens (including phenoxy) is 2. The van der Waals surface area contributed by atoms with Crippen LogP contribution in [-0.2, 0) is 6.54 Å². The van der Waals surface area contributed by atoms with E-state index in [2.05, 4.69) is 22.3 Å². The predicted octanol–water partition coefficient (Wildman–Crippen LogP) is 3.01. The van der Waals surface area contributed by atoms with Crippen LogP contribution < -0.4 is 14.8 Å². The molecule has 2 aromatic rings. The third-order valence-electron chi connectivity index (χ3n) is 4.88. The Morgan fingerprint density at radius 1 is 1.28 bits per heavy atom. The molecule has 1 heterocycles. The van der Waals surface area contributed by atoms with Crippen LogP contribution in [0.25, 0.3) is 0 Å². The SMILES string of the molecule is CCOc1cc([N+](=O)[O-])c(C(=O)N[C@@H]2CCN(Cc3ccccc3)C2)cc1OC. The van der Waals surface area contributed by atoms with Gasteiger partial charge in [-0.15, -0.1) is 0 Å². The van der Waals surface area contributed by atoms with Crippen molar-refractivity contribution in [1.82, 2.24) is 10.2 Å². The molecule has 0 unspecified atom stereocenters. The summed E-state index contributed by atoms with van der Waals surface area (Å²) >= 11 is 0. The van der Waals surface area contributed by atoms with E-state index in [0.717, 1.165) is 19.5 Å². The van der Waals surface area contributed by atoms with Crippen molar-refractivity contribution in [3.05, 3.63) is 63.7 Å². The number of nitrogens with zero attached hydrogens (tertiary/aromatic N) is 2. The maximum absolute atomic E-state index is 12.8. The van der Waals surface area contributed by atoms with Crippen LogP contribution >= 0.6 is 0 Å². The number of carbonyl (C=O) groups excluding carboxylic acids is 1. The molecule has 1 aliphatic rings. The van der Waals surface area contributed by atoms with Crippen molar-refractivity contribution in [2.24, 2.45) is 0 Å². The van der Waals surface area contributed by atoms with Crippen molar-refractivity contribution < 1.29 is 19.2 Å². The summed E-state index contributed by atoms with van der Waals surface area (Å²) < 4.78 is 10.6. The lowest BCUT2D eigenvalue weighted by molar-refractivity contribution is -0.385. The van der Waals surface area contributed by atoms with Crippen molar-refractivity contribution in [1.29, 1.82) is 0 Å². The molecule has 0 saturated carbocycles. The maximum atomic E-state index is 12.8. The van der Waals surface area contributed by atoms with E-state index in [1.54, 1.807) is 6.92 Å². The number of rotatable bonds is 8. The standard InChI is InChI=1S/C21H25N3O5/c1-3-29-20-12-18(24(26)27)17(11-19(20)28-2)21(25)22-16-9-10-23(14-16)13-15-7-5-4-6-8-15/h4-8,11-12,16H,3,9-10,13-14H2,1-2H3,(H,22,25)/t16-/m1/s1. The van der Waals surface area contributed by atoms with Crippen LogP contribution in [0.15, 0.2) is 42.5 Å². The molecule has 1 amide bonds. The number of methoxy groups -OCH3 is 1. The smallest absolute Gasteiger partial charge is 0.286 e. The molecule has 1 fully saturated rings. The summed E-state index contributed by atoms with van der Waals surface area (Å²) in [5.41, 5.74) is 0.883. The second-order valence-electron chi connectivity index (χ2n) is 6.89. The number of nitro benzene ring substituents is 1. The maximum Gasteiger partial charge on any atom is 0.286 e. The van der Waals surface area contributed by atoms with Gasteiger partial charge in [-0.3, -0.25) is 19.8 Å². The molecule has 8 nitrogen and oxygen atoms in total. The number of benzene rings is 2. The molecule has 1 N–H and O–H groups in total. The van der Waals surface area contributed by atoms with E-state index in [-0.39, 0.29) is 23.0 Å². The second kappa shape index (κ2) is 9.38. The molecule has 8 heteroatoms. The van der Waals surface area contributed by atoms with Crippen LogP contribution in [0.1, 0.15) is 29.3 Å². The van der Waals surface area contributed by atoms with Crippen molar-refractivity contribution in [3.63, 3.8) is 0 Å². The highest BCUT2D eigenvalue weighted by Crippen LogP contribution is 2.35. The molecule has 0 aromatic heterocycles. The minimum atomic E-state index is -0.576. The van der Waals surface area contributed by atoms with Gasteiger partial charge in [-0.1, -0.05) is 30.3 Å². The Kier molecular flexibility index (Phi) is 6.66. The van der Waals surface area contributed by atoms with E-state index in [0.29, 0.717) is 18.9 Å². The fraction of sp³-hybridized carbons (Fsp3) is 0.381. The third-order valence-corrected chi connectivity index (χ3v) is 4.88. The Morgan fingerprint density at radius 2 is 2.03 bits per heavy atom. The Bertz CT molecular complexity index is 872. The van der Waals surface area contributed by atoms with Gasteiger partial charge in [-0.05, 0) is 18.9 Å². The normalized spacial score (nSPS) is 16.4. The first-order valence-electron chi connectivity index (χ1n) is 9.58. The lowest BCUT2D eigenvalue weighted by Crippen LogP contribution is -2.37. The van der Waals surface area contributed by atoms with Gasteiger partial charge in [0.15, 0.2) is 11.5 Å². The third kappa shape index (κ3) is 5.03. The van der Waals surface area contributed by atoms with E-state index < -0.39 is 10.8 Å². The predicted molar refractivity (Wildman–Crippen MR) is 108 cm³/mol. The zero-order valence-corrected chi connectivity index (χ0v) is 16.6. The first kappa shape index (κ1) is 20.6. The zero-order chi connectivity index (χ0) is 20.8. The topological polar surface area (TPSA) is 93.9 Å². The molecule has 1 aliphatic heterocycles. The largest absolute Gasteiger partial charge is 0.493 e. The number of nitrogens with one attached hydrogen (secondary N) is 1. The minimum absolute atomic E-state index is 0.0307. The fourth-order valence-corrected chi connectivity index (χ4v) is 3.51. The Morgan fingerprint density at radius 3 is 2.69 bits per heavy atom. The van der Waals surface area contributed by atoms with Crippen molar-refractivity contribution in [3.8, 4) is 11.5 Å². The van der Waals surface area contributed by atoms with Crippen LogP contribution in [0, 0.1) is 10.1 Å². The summed E-state index contributed by atoms with van der Waals surface area (Å²) in [6.07, 6.45) is 0.792. The quantitative estimate of drug-likeness (QED) is 0.542. The number of hydrogen-bond donors (Lipinski definition) is 1. The first-order chi connectivity index (χ1) is 14.0. The molecule has 2 aromatic carbocycles. The Hall–Kier alpha value is -3.13. The summed E-state index contributed by atoms with van der Waals surface area (Å²) in [5, 5.41) is 14.4. The van der Waals surface area contributed by atoms with Crippen LogP contribution in [0.4, 0.5) is 5.69 Å². The molecule has 1 saturated heterocycles. The van der Waals surface area contributed by atoms with Crippen LogP contribution in [0.3, 0.4) is 0 Å². The zero-order valence-electron chi connectivity index (χ0n) is 16.6. The minimum Gasteiger partial charge on any atom is -0.493 e. The highest BCUT2D eigenvalue weighted by molar-refractivity contribution is 5.99. The summed E-state index contributed by atoms with van der Waals surface area (Å²) in [6.45, 7) is 4.47. The van der Waals surface area contributed by atoms with E-state index in [1.165, 1.54) is 24.8 Å². The van der Waals surface area contributed by atoms with E-state index >= 15 is 0 Å². The molecule has 29 heavy (non-hydrogen) atoms. The summed E-state index contributed by atoms with van der Waals surface area (Å²) in [6, 6.07) is 12.7. The van der Waals surface area contributed by atoms with E-state index in [9.17, 15) is 14.9 Å². The summed E-state index contributed by atoms with van der Waals surface area (Å²) in [4.78, 5) is 26.0. The van der Waals surface area contributed by atoms with Gasteiger partial charge in [-0.2, -0.15) is 0 Å². The van der Waals surface area contributed by atoms with Gasteiger partial charge in [-0.25, -0.2) is 0 Å². The van der Waals surface area contributed by atoms with Crippen LogP contribution in [0.5, 0.6) is 11.5 Å². The highest BCUT2D eigenvalue weighted by atomic mass is 16.6. The average Bonchev–Trinajstić information content (AvgIpc) is 3.15. The highest BCUT2D eigenvalue weighted by Gasteiger charge is 2.29. The second-order valence-corrected chi connectivity index (χ2v) is 6.89. The van der Waals surface area contributed by atoms with Gasteiger partial charge >= 0.3 is 0 Å². The number of hydrogen-bond acceptors (Lipinski definition) is 6. The van der Waals surface area contributed by atoms with Crippen LogP contribution in [-0.4, -0.2) is 48.6 Å². The Balaban J connectivity index is 1.71.